The molecule has 36 heavy (non-hydrogen) atoms. The third-order valence-corrected chi connectivity index (χ3v) is 8.37. The Morgan fingerprint density at radius 3 is 2.56 bits per heavy atom. The molecule has 0 aliphatic carbocycles. The van der Waals surface area contributed by atoms with Crippen LogP contribution in [0.3, 0.4) is 0 Å². The van der Waals surface area contributed by atoms with Gasteiger partial charge >= 0.3 is 5.97 Å². The van der Waals surface area contributed by atoms with E-state index in [0.717, 1.165) is 22.5 Å². The molecule has 1 aromatic carbocycles. The lowest BCUT2D eigenvalue weighted by Crippen LogP contribution is -2.17. The minimum atomic E-state index is -0.461. The van der Waals surface area contributed by atoms with E-state index < -0.39 is 5.97 Å². The Kier molecular flexibility index (Phi) is 8.40. The van der Waals surface area contributed by atoms with Crippen molar-refractivity contribution in [1.29, 1.82) is 0 Å². The molecule has 0 saturated heterocycles. The van der Waals surface area contributed by atoms with Gasteiger partial charge in [0.15, 0.2) is 11.0 Å². The van der Waals surface area contributed by atoms with Crippen LogP contribution in [0.1, 0.15) is 27.7 Å². The molecular weight excluding hydrogens is 513 g/mol. The average molecular weight is 539 g/mol. The number of aryl methyl sites for hydroxylation is 1. The van der Waals surface area contributed by atoms with E-state index >= 15 is 0 Å². The molecule has 4 aromatic rings. The molecule has 0 fully saturated rings. The molecule has 0 radical (unpaired) electrons. The summed E-state index contributed by atoms with van der Waals surface area (Å²) in [6.45, 7) is 10.5. The van der Waals surface area contributed by atoms with Crippen molar-refractivity contribution in [3.8, 4) is 22.5 Å². The number of hydrogen-bond donors (Lipinski definition) is 1. The van der Waals surface area contributed by atoms with E-state index in [1.165, 1.54) is 33.5 Å². The van der Waals surface area contributed by atoms with Crippen LogP contribution in [0, 0.1) is 13.8 Å². The van der Waals surface area contributed by atoms with E-state index in [0.29, 0.717) is 22.3 Å². The van der Waals surface area contributed by atoms with Crippen molar-refractivity contribution in [3.05, 3.63) is 69.8 Å². The molecule has 0 saturated carbocycles. The van der Waals surface area contributed by atoms with Crippen LogP contribution in [0.2, 0.25) is 0 Å². The van der Waals surface area contributed by atoms with Crippen LogP contribution >= 0.6 is 34.4 Å². The molecule has 3 aromatic heterocycles. The maximum atomic E-state index is 12.9. The third-order valence-electron chi connectivity index (χ3n) is 5.50. The van der Waals surface area contributed by atoms with Crippen LogP contribution in [-0.4, -0.2) is 39.0 Å². The Labute approximate surface area is 222 Å². The highest BCUT2D eigenvalue weighted by atomic mass is 32.2. The molecule has 1 amide bonds. The number of thioether (sulfide) groups is 1. The van der Waals surface area contributed by atoms with Gasteiger partial charge in [0.2, 0.25) is 5.91 Å². The number of benzene rings is 1. The lowest BCUT2D eigenvalue weighted by molar-refractivity contribution is -0.113. The summed E-state index contributed by atoms with van der Waals surface area (Å²) in [4.78, 5) is 26.9. The fraction of sp³-hybridized carbons (Fsp3) is 0.231. The predicted octanol–water partition coefficient (Wildman–Crippen LogP) is 6.45. The highest BCUT2D eigenvalue weighted by molar-refractivity contribution is 7.99. The summed E-state index contributed by atoms with van der Waals surface area (Å²) in [6.07, 6.45) is 1.79. The second kappa shape index (κ2) is 11.7. The average Bonchev–Trinajstić information content (AvgIpc) is 3.56. The van der Waals surface area contributed by atoms with Gasteiger partial charge in [-0.05, 0) is 31.9 Å². The van der Waals surface area contributed by atoms with Crippen molar-refractivity contribution in [2.45, 2.75) is 32.5 Å². The first-order chi connectivity index (χ1) is 17.4. The van der Waals surface area contributed by atoms with Gasteiger partial charge in [-0.15, -0.1) is 39.4 Å². The molecule has 0 spiro atoms. The number of nitrogens with zero attached hydrogens (tertiary/aromatic N) is 3. The lowest BCUT2D eigenvalue weighted by atomic mass is 10.0. The highest BCUT2D eigenvalue weighted by Gasteiger charge is 2.23. The minimum Gasteiger partial charge on any atom is -0.462 e. The van der Waals surface area contributed by atoms with Gasteiger partial charge in [-0.25, -0.2) is 4.79 Å². The largest absolute Gasteiger partial charge is 0.462 e. The number of thiophene rings is 2. The van der Waals surface area contributed by atoms with E-state index in [1.807, 2.05) is 40.3 Å². The standard InChI is InChI=1S/C26H26N4O3S3/c1-5-12-30-23(19-13-34-17(4)16(19)3)28-29-26(30)36-15-21(31)27-24-22(25(32)33-6-2)20(14-35-24)18-10-8-7-9-11-18/h5,7-11,13-14H,1,6,12,15H2,2-4H3,(H,27,31). The number of nitrogens with one attached hydrogen (secondary N) is 1. The van der Waals surface area contributed by atoms with Crippen molar-refractivity contribution in [3.63, 3.8) is 0 Å². The zero-order valence-corrected chi connectivity index (χ0v) is 22.7. The number of esters is 1. The summed E-state index contributed by atoms with van der Waals surface area (Å²) in [5.41, 5.74) is 4.20. The number of ether oxygens (including phenoxy) is 1. The van der Waals surface area contributed by atoms with Gasteiger partial charge < -0.3 is 10.1 Å². The van der Waals surface area contributed by atoms with Gasteiger partial charge in [-0.1, -0.05) is 48.2 Å². The fourth-order valence-electron chi connectivity index (χ4n) is 3.60. The molecule has 7 nitrogen and oxygen atoms in total. The predicted molar refractivity (Wildman–Crippen MR) is 148 cm³/mol. The van der Waals surface area contributed by atoms with Gasteiger partial charge in [0.05, 0.1) is 12.4 Å². The number of allylic oxidation sites excluding steroid dienone is 1. The Morgan fingerprint density at radius 2 is 1.89 bits per heavy atom. The van der Waals surface area contributed by atoms with E-state index in [1.54, 1.807) is 24.3 Å². The van der Waals surface area contributed by atoms with Crippen molar-refractivity contribution < 1.29 is 14.3 Å². The molecule has 0 unspecified atom stereocenters. The molecule has 1 N–H and O–H groups in total. The first-order valence-corrected chi connectivity index (χ1v) is 14.0. The Balaban J connectivity index is 1.53. The van der Waals surface area contributed by atoms with Gasteiger partial charge in [-0.2, -0.15) is 0 Å². The number of anilines is 1. The van der Waals surface area contributed by atoms with Gasteiger partial charge in [0, 0.05) is 33.3 Å². The van der Waals surface area contributed by atoms with Gasteiger partial charge in [0.25, 0.3) is 0 Å². The highest BCUT2D eigenvalue weighted by Crippen LogP contribution is 2.36. The molecule has 0 atom stereocenters. The van der Waals surface area contributed by atoms with Gasteiger partial charge in [-0.3, -0.25) is 9.36 Å². The van der Waals surface area contributed by atoms with Crippen molar-refractivity contribution in [2.24, 2.45) is 0 Å². The maximum Gasteiger partial charge on any atom is 0.341 e. The number of carbonyl (C=O) groups excluding carboxylic acids is 2. The smallest absolute Gasteiger partial charge is 0.341 e. The van der Waals surface area contributed by atoms with Crippen molar-refractivity contribution in [2.75, 3.05) is 17.7 Å². The SMILES string of the molecule is C=CCn1c(SCC(=O)Nc2scc(-c3ccccc3)c2C(=O)OCC)nnc1-c1csc(C)c1C. The van der Waals surface area contributed by atoms with Crippen molar-refractivity contribution >= 4 is 51.3 Å². The summed E-state index contributed by atoms with van der Waals surface area (Å²) in [5, 5.41) is 16.7. The Hall–Kier alpha value is -3.21. The van der Waals surface area contributed by atoms with Crippen LogP contribution < -0.4 is 5.32 Å². The van der Waals surface area contributed by atoms with E-state index in [9.17, 15) is 9.59 Å². The first-order valence-electron chi connectivity index (χ1n) is 11.3. The molecule has 3 heterocycles. The number of hydrogen-bond acceptors (Lipinski definition) is 8. The summed E-state index contributed by atoms with van der Waals surface area (Å²) in [5.74, 6) is 0.161. The van der Waals surface area contributed by atoms with Crippen LogP contribution in [0.25, 0.3) is 22.5 Å². The zero-order chi connectivity index (χ0) is 25.7. The molecule has 10 heteroatoms. The first kappa shape index (κ1) is 25.9. The Morgan fingerprint density at radius 1 is 1.14 bits per heavy atom. The van der Waals surface area contributed by atoms with Crippen LogP contribution in [-0.2, 0) is 16.1 Å². The molecule has 4 rings (SSSR count). The molecular formula is C26H26N4O3S3. The second-order valence-electron chi connectivity index (χ2n) is 7.81. The topological polar surface area (TPSA) is 86.1 Å². The van der Waals surface area contributed by atoms with E-state index in [-0.39, 0.29) is 18.3 Å². The summed E-state index contributed by atoms with van der Waals surface area (Å²) >= 11 is 4.27. The van der Waals surface area contributed by atoms with Crippen LogP contribution in [0.5, 0.6) is 0 Å². The number of rotatable bonds is 10. The van der Waals surface area contributed by atoms with Crippen molar-refractivity contribution in [1.82, 2.24) is 14.8 Å². The van der Waals surface area contributed by atoms with E-state index in [4.69, 9.17) is 4.74 Å². The molecule has 0 aliphatic rings. The number of amides is 1. The summed E-state index contributed by atoms with van der Waals surface area (Å²) < 4.78 is 7.24. The Bertz CT molecular complexity index is 1390. The number of carbonyl (C=O) groups is 2. The fourth-order valence-corrected chi connectivity index (χ4v) is 6.19. The zero-order valence-electron chi connectivity index (χ0n) is 20.2. The molecule has 0 aliphatic heterocycles. The monoisotopic (exact) mass is 538 g/mol. The summed E-state index contributed by atoms with van der Waals surface area (Å²) in [7, 11) is 0. The molecule has 186 valence electrons. The molecule has 0 bridgehead atoms. The normalized spacial score (nSPS) is 10.9. The van der Waals surface area contributed by atoms with E-state index in [2.05, 4.69) is 41.3 Å². The second-order valence-corrected chi connectivity index (χ2v) is 10.7. The summed E-state index contributed by atoms with van der Waals surface area (Å²) in [6, 6.07) is 9.57. The third kappa shape index (κ3) is 5.45. The minimum absolute atomic E-state index is 0.109. The van der Waals surface area contributed by atoms with Crippen LogP contribution in [0.15, 0.2) is 58.9 Å². The maximum absolute atomic E-state index is 12.9. The quantitative estimate of drug-likeness (QED) is 0.142. The lowest BCUT2D eigenvalue weighted by Gasteiger charge is -2.09. The van der Waals surface area contributed by atoms with Crippen LogP contribution in [0.4, 0.5) is 5.00 Å². The van der Waals surface area contributed by atoms with Gasteiger partial charge in [0.1, 0.15) is 10.6 Å². The number of aromatic nitrogens is 3.